The van der Waals surface area contributed by atoms with Crippen molar-refractivity contribution in [2.24, 2.45) is 0 Å². The maximum Gasteiger partial charge on any atom is 0.310 e. The first kappa shape index (κ1) is 22.7. The van der Waals surface area contributed by atoms with Gasteiger partial charge in [-0.15, -0.1) is 0 Å². The van der Waals surface area contributed by atoms with Gasteiger partial charge in [-0.3, -0.25) is 9.59 Å². The summed E-state index contributed by atoms with van der Waals surface area (Å²) in [6.45, 7) is 2.42. The van der Waals surface area contributed by atoms with Crippen molar-refractivity contribution in [2.45, 2.75) is 20.0 Å². The van der Waals surface area contributed by atoms with Crippen molar-refractivity contribution in [2.75, 3.05) is 11.9 Å². The van der Waals surface area contributed by atoms with Crippen LogP contribution in [0.2, 0.25) is 10.0 Å². The Balaban J connectivity index is 1.64. The number of nitrogens with one attached hydrogen (secondary N) is 1. The fraction of sp³-hybridized carbons (Fsp3) is 0.167. The molecule has 3 aromatic carbocycles. The third-order valence-corrected chi connectivity index (χ3v) is 4.91. The Bertz CT molecular complexity index is 1070. The molecule has 160 valence electrons. The van der Waals surface area contributed by atoms with Gasteiger partial charge in [0.2, 0.25) is 0 Å². The minimum Gasteiger partial charge on any atom is -0.489 e. The van der Waals surface area contributed by atoms with Crippen LogP contribution in [-0.2, 0) is 22.6 Å². The smallest absolute Gasteiger partial charge is 0.310 e. The van der Waals surface area contributed by atoms with Crippen LogP contribution in [0.3, 0.4) is 0 Å². The zero-order chi connectivity index (χ0) is 22.2. The summed E-state index contributed by atoms with van der Waals surface area (Å²) < 4.78 is 10.7. The predicted octanol–water partition coefficient (Wildman–Crippen LogP) is 5.93. The number of carbonyl (C=O) groups is 2. The standard InChI is InChI=1S/C24H21Cl2NO4/c1-2-30-23(28)13-16-6-8-19(9-7-16)27-24(29)21-14-20(10-11-22(21)26)31-15-17-4-3-5-18(25)12-17/h3-12,14H,2,13,15H2,1H3,(H,27,29). The lowest BCUT2D eigenvalue weighted by Gasteiger charge is -2.11. The maximum atomic E-state index is 12.7. The van der Waals surface area contributed by atoms with Crippen LogP contribution in [-0.4, -0.2) is 18.5 Å². The van der Waals surface area contributed by atoms with Crippen LogP contribution in [0.1, 0.15) is 28.4 Å². The van der Waals surface area contributed by atoms with Gasteiger partial charge in [-0.05, 0) is 60.5 Å². The van der Waals surface area contributed by atoms with Gasteiger partial charge in [-0.2, -0.15) is 0 Å². The highest BCUT2D eigenvalue weighted by Crippen LogP contribution is 2.24. The minimum atomic E-state index is -0.364. The summed E-state index contributed by atoms with van der Waals surface area (Å²) in [6.07, 6.45) is 0.180. The molecule has 5 nitrogen and oxygen atoms in total. The fourth-order valence-electron chi connectivity index (χ4n) is 2.84. The van der Waals surface area contributed by atoms with E-state index in [4.69, 9.17) is 32.7 Å². The quantitative estimate of drug-likeness (QED) is 0.425. The van der Waals surface area contributed by atoms with Crippen molar-refractivity contribution in [3.8, 4) is 5.75 Å². The number of hydrogen-bond donors (Lipinski definition) is 1. The first-order chi connectivity index (χ1) is 14.9. The van der Waals surface area contributed by atoms with Crippen LogP contribution < -0.4 is 10.1 Å². The summed E-state index contributed by atoms with van der Waals surface area (Å²) in [7, 11) is 0. The first-order valence-electron chi connectivity index (χ1n) is 9.67. The van der Waals surface area contributed by atoms with Gasteiger partial charge in [-0.1, -0.05) is 47.5 Å². The van der Waals surface area contributed by atoms with Crippen LogP contribution >= 0.6 is 23.2 Å². The molecule has 0 aliphatic heterocycles. The van der Waals surface area contributed by atoms with Gasteiger partial charge in [0.05, 0.1) is 23.6 Å². The maximum absolute atomic E-state index is 12.7. The largest absolute Gasteiger partial charge is 0.489 e. The van der Waals surface area contributed by atoms with Crippen LogP contribution in [0.4, 0.5) is 5.69 Å². The lowest BCUT2D eigenvalue weighted by Crippen LogP contribution is -2.13. The van der Waals surface area contributed by atoms with Crippen molar-refractivity contribution in [3.63, 3.8) is 0 Å². The molecule has 0 aliphatic carbocycles. The summed E-state index contributed by atoms with van der Waals surface area (Å²) in [5, 5.41) is 3.74. The Kier molecular flexibility index (Phi) is 7.93. The molecule has 7 heteroatoms. The molecule has 0 saturated carbocycles. The van der Waals surface area contributed by atoms with Crippen molar-refractivity contribution in [1.82, 2.24) is 0 Å². The van der Waals surface area contributed by atoms with E-state index in [2.05, 4.69) is 5.32 Å². The number of benzene rings is 3. The van der Waals surface area contributed by atoms with E-state index in [0.29, 0.717) is 40.3 Å². The molecule has 0 spiro atoms. The van der Waals surface area contributed by atoms with E-state index in [9.17, 15) is 9.59 Å². The molecule has 3 rings (SSSR count). The number of ether oxygens (including phenoxy) is 2. The number of esters is 1. The van der Waals surface area contributed by atoms with E-state index >= 15 is 0 Å². The summed E-state index contributed by atoms with van der Waals surface area (Å²) in [5.74, 6) is -0.142. The highest BCUT2D eigenvalue weighted by molar-refractivity contribution is 6.34. The lowest BCUT2D eigenvalue weighted by atomic mass is 10.1. The topological polar surface area (TPSA) is 64.6 Å². The molecule has 0 bridgehead atoms. The second-order valence-corrected chi connectivity index (χ2v) is 7.54. The zero-order valence-corrected chi connectivity index (χ0v) is 18.4. The van der Waals surface area contributed by atoms with Gasteiger partial charge >= 0.3 is 5.97 Å². The van der Waals surface area contributed by atoms with Crippen molar-refractivity contribution in [1.29, 1.82) is 0 Å². The van der Waals surface area contributed by atoms with Crippen LogP contribution in [0.5, 0.6) is 5.75 Å². The normalized spacial score (nSPS) is 10.4. The molecular weight excluding hydrogens is 437 g/mol. The molecule has 1 N–H and O–H groups in total. The summed E-state index contributed by atoms with van der Waals surface area (Å²) in [6, 6.07) is 19.2. The van der Waals surface area contributed by atoms with Crippen LogP contribution in [0, 0.1) is 0 Å². The van der Waals surface area contributed by atoms with Gasteiger partial charge < -0.3 is 14.8 Å². The van der Waals surface area contributed by atoms with E-state index < -0.39 is 0 Å². The zero-order valence-electron chi connectivity index (χ0n) is 16.9. The molecular formula is C24H21Cl2NO4. The molecule has 0 radical (unpaired) electrons. The number of rotatable bonds is 8. The molecule has 0 fully saturated rings. The minimum absolute atomic E-state index is 0.180. The summed E-state index contributed by atoms with van der Waals surface area (Å²) in [4.78, 5) is 24.3. The Morgan fingerprint density at radius 2 is 1.71 bits per heavy atom. The molecule has 1 amide bonds. The fourth-order valence-corrected chi connectivity index (χ4v) is 3.26. The average molecular weight is 458 g/mol. The van der Waals surface area contributed by atoms with E-state index in [-0.39, 0.29) is 18.3 Å². The molecule has 0 atom stereocenters. The molecule has 31 heavy (non-hydrogen) atoms. The van der Waals surface area contributed by atoms with Gasteiger partial charge in [0.25, 0.3) is 5.91 Å². The highest BCUT2D eigenvalue weighted by Gasteiger charge is 2.13. The monoisotopic (exact) mass is 457 g/mol. The van der Waals surface area contributed by atoms with E-state index in [1.807, 2.05) is 18.2 Å². The summed E-state index contributed by atoms with van der Waals surface area (Å²) in [5.41, 5.74) is 2.59. The average Bonchev–Trinajstić information content (AvgIpc) is 2.74. The van der Waals surface area contributed by atoms with E-state index in [1.165, 1.54) is 0 Å². The highest BCUT2D eigenvalue weighted by atomic mass is 35.5. The van der Waals surface area contributed by atoms with Gasteiger partial charge in [0.15, 0.2) is 0 Å². The molecule has 0 unspecified atom stereocenters. The van der Waals surface area contributed by atoms with Crippen molar-refractivity contribution < 1.29 is 19.1 Å². The first-order valence-corrected chi connectivity index (χ1v) is 10.4. The van der Waals surface area contributed by atoms with Crippen LogP contribution in [0.25, 0.3) is 0 Å². The van der Waals surface area contributed by atoms with E-state index in [1.54, 1.807) is 55.5 Å². The third kappa shape index (κ3) is 6.74. The Morgan fingerprint density at radius 1 is 0.935 bits per heavy atom. The Morgan fingerprint density at radius 3 is 2.42 bits per heavy atom. The molecule has 0 heterocycles. The van der Waals surface area contributed by atoms with Gasteiger partial charge in [-0.25, -0.2) is 0 Å². The third-order valence-electron chi connectivity index (χ3n) is 4.34. The van der Waals surface area contributed by atoms with Crippen molar-refractivity contribution >= 4 is 40.8 Å². The summed E-state index contributed by atoms with van der Waals surface area (Å²) >= 11 is 12.2. The Labute approximate surface area is 190 Å². The van der Waals surface area contributed by atoms with Crippen molar-refractivity contribution in [3.05, 3.63) is 93.5 Å². The molecule has 0 saturated heterocycles. The van der Waals surface area contributed by atoms with Crippen LogP contribution in [0.15, 0.2) is 66.7 Å². The van der Waals surface area contributed by atoms with E-state index in [0.717, 1.165) is 11.1 Å². The number of carbonyl (C=O) groups excluding carboxylic acids is 2. The lowest BCUT2D eigenvalue weighted by molar-refractivity contribution is -0.142. The SMILES string of the molecule is CCOC(=O)Cc1ccc(NC(=O)c2cc(OCc3cccc(Cl)c3)ccc2Cl)cc1. The number of halogens is 2. The number of hydrogen-bond acceptors (Lipinski definition) is 4. The Hall–Kier alpha value is -3.02. The second-order valence-electron chi connectivity index (χ2n) is 6.69. The molecule has 3 aromatic rings. The van der Waals surface area contributed by atoms with Gasteiger partial charge in [0.1, 0.15) is 12.4 Å². The number of amides is 1. The second kappa shape index (κ2) is 10.8. The molecule has 0 aromatic heterocycles. The predicted molar refractivity (Wildman–Crippen MR) is 122 cm³/mol. The number of anilines is 1. The molecule has 0 aliphatic rings. The van der Waals surface area contributed by atoms with Gasteiger partial charge in [0, 0.05) is 10.7 Å².